The number of carbonyl (C=O) groups is 3. The van der Waals surface area contributed by atoms with Crippen LogP contribution >= 0.6 is 0 Å². The molecule has 2 heterocycles. The van der Waals surface area contributed by atoms with E-state index in [2.05, 4.69) is 5.32 Å². The third-order valence-corrected chi connectivity index (χ3v) is 6.10. The molecule has 0 aromatic carbocycles. The van der Waals surface area contributed by atoms with Gasteiger partial charge in [-0.2, -0.15) is 0 Å². The van der Waals surface area contributed by atoms with E-state index >= 15 is 0 Å². The summed E-state index contributed by atoms with van der Waals surface area (Å²) in [5.41, 5.74) is 0.197. The molecule has 5 aliphatic rings. The van der Waals surface area contributed by atoms with Gasteiger partial charge >= 0.3 is 0 Å². The number of rotatable bonds is 3. The van der Waals surface area contributed by atoms with Crippen molar-refractivity contribution in [1.29, 1.82) is 0 Å². The van der Waals surface area contributed by atoms with E-state index in [1.165, 1.54) is 32.4 Å². The van der Waals surface area contributed by atoms with Crippen molar-refractivity contribution in [3.63, 3.8) is 0 Å². The van der Waals surface area contributed by atoms with Crippen molar-refractivity contribution in [2.45, 2.75) is 12.5 Å². The Morgan fingerprint density at radius 3 is 2.27 bits per heavy atom. The molecule has 7 heteroatoms. The first-order valence-corrected chi connectivity index (χ1v) is 8.55. The highest BCUT2D eigenvalue weighted by Gasteiger charge is 2.87. The number of hydrogen-bond donors (Lipinski definition) is 1. The highest BCUT2D eigenvalue weighted by Crippen LogP contribution is 2.83. The van der Waals surface area contributed by atoms with Crippen LogP contribution in [-0.2, 0) is 28.6 Å². The Bertz CT molecular complexity index is 869. The van der Waals surface area contributed by atoms with E-state index in [1.807, 2.05) is 0 Å². The summed E-state index contributed by atoms with van der Waals surface area (Å²) in [5, 5.41) is 3.44. The topological polar surface area (TPSA) is 90.9 Å². The van der Waals surface area contributed by atoms with E-state index in [9.17, 15) is 14.4 Å². The second-order valence-electron chi connectivity index (χ2n) is 7.16. The highest BCUT2D eigenvalue weighted by atomic mass is 16.5. The zero-order valence-electron chi connectivity index (χ0n) is 14.3. The summed E-state index contributed by atoms with van der Waals surface area (Å²) in [7, 11) is 2.72. The molecule has 0 amide bonds. The standard InChI is InChI=1S/C19H17NO6/c1-24-10-5-8(6-11(25-2)17(10)23)18-16(22)9(21)7-12(26-18)19-3-4-20-15-13(19)14(15)19/h5-7,13-15,20H,3-4H2,1-2H3. The summed E-state index contributed by atoms with van der Waals surface area (Å²) in [4.78, 5) is 36.9. The monoisotopic (exact) mass is 355 g/mol. The lowest BCUT2D eigenvalue weighted by Gasteiger charge is -2.36. The van der Waals surface area contributed by atoms with E-state index in [0.29, 0.717) is 29.2 Å². The van der Waals surface area contributed by atoms with Crippen LogP contribution in [-0.4, -0.2) is 44.2 Å². The van der Waals surface area contributed by atoms with E-state index in [-0.39, 0.29) is 22.7 Å². The van der Waals surface area contributed by atoms with Gasteiger partial charge in [-0.15, -0.1) is 0 Å². The lowest BCUT2D eigenvalue weighted by Crippen LogP contribution is -2.43. The van der Waals surface area contributed by atoms with Crippen LogP contribution in [0.2, 0.25) is 0 Å². The molecule has 2 aliphatic heterocycles. The molecule has 0 spiro atoms. The molecule has 0 aromatic rings. The van der Waals surface area contributed by atoms with Gasteiger partial charge in [-0.05, 0) is 37.0 Å². The molecule has 1 N–H and O–H groups in total. The van der Waals surface area contributed by atoms with Gasteiger partial charge < -0.3 is 19.5 Å². The lowest BCUT2D eigenvalue weighted by molar-refractivity contribution is -0.134. The first kappa shape index (κ1) is 15.6. The summed E-state index contributed by atoms with van der Waals surface area (Å²) < 4.78 is 16.1. The minimum Gasteiger partial charge on any atom is -0.492 e. The van der Waals surface area contributed by atoms with Gasteiger partial charge in [0.1, 0.15) is 5.76 Å². The number of Topliss-reactive ketones (excluding diaryl/α,β-unsaturated/α-hetero) is 2. The van der Waals surface area contributed by atoms with Gasteiger partial charge in [0.15, 0.2) is 17.3 Å². The largest absolute Gasteiger partial charge is 0.492 e. The Morgan fingerprint density at radius 1 is 1.04 bits per heavy atom. The maximum atomic E-state index is 12.4. The molecule has 2 atom stereocenters. The first-order valence-electron chi connectivity index (χ1n) is 8.55. The van der Waals surface area contributed by atoms with Crippen LogP contribution in [0.25, 0.3) is 0 Å². The third-order valence-electron chi connectivity index (χ3n) is 6.10. The molecule has 0 radical (unpaired) electrons. The number of methoxy groups -OCH3 is 2. The third kappa shape index (κ3) is 1.78. The van der Waals surface area contributed by atoms with Crippen LogP contribution in [0.5, 0.6) is 0 Å². The summed E-state index contributed by atoms with van der Waals surface area (Å²) in [6, 6.07) is 0.518. The average molecular weight is 355 g/mol. The van der Waals surface area contributed by atoms with Crippen molar-refractivity contribution in [3.05, 3.63) is 46.8 Å². The smallest absolute Gasteiger partial charge is 0.268 e. The molecule has 1 saturated heterocycles. The van der Waals surface area contributed by atoms with E-state index < -0.39 is 17.3 Å². The van der Waals surface area contributed by atoms with Gasteiger partial charge in [0, 0.05) is 23.1 Å². The minimum absolute atomic E-state index is 0.0289. The number of nitrogens with one attached hydrogen (secondary N) is 1. The summed E-state index contributed by atoms with van der Waals surface area (Å²) >= 11 is 0. The lowest BCUT2D eigenvalue weighted by atomic mass is 9.81. The molecule has 134 valence electrons. The second kappa shape index (κ2) is 4.94. The van der Waals surface area contributed by atoms with E-state index in [0.717, 1.165) is 13.0 Å². The fourth-order valence-corrected chi connectivity index (χ4v) is 4.73. The van der Waals surface area contributed by atoms with Crippen LogP contribution < -0.4 is 5.32 Å². The Hall–Kier alpha value is -2.67. The quantitative estimate of drug-likeness (QED) is 0.584. The molecule has 0 aromatic heterocycles. The van der Waals surface area contributed by atoms with Gasteiger partial charge in [0.2, 0.25) is 5.78 Å². The van der Waals surface area contributed by atoms with Crippen LogP contribution in [0.15, 0.2) is 46.8 Å². The fraction of sp³-hybridized carbons (Fsp3) is 0.421. The van der Waals surface area contributed by atoms with Crippen molar-refractivity contribution in [2.75, 3.05) is 20.8 Å². The molecular formula is C19H17NO6. The number of piperidine rings is 2. The van der Waals surface area contributed by atoms with E-state index in [1.54, 1.807) is 0 Å². The Labute approximate surface area is 149 Å². The number of fused-ring (bicyclic) bond motifs is 2. The summed E-state index contributed by atoms with van der Waals surface area (Å²) in [6.07, 6.45) is 5.05. The van der Waals surface area contributed by atoms with Crippen LogP contribution in [0.1, 0.15) is 6.42 Å². The van der Waals surface area contributed by atoms with Crippen molar-refractivity contribution in [2.24, 2.45) is 17.3 Å². The number of allylic oxidation sites excluding steroid dienone is 6. The van der Waals surface area contributed by atoms with Crippen LogP contribution in [0.4, 0.5) is 0 Å². The SMILES string of the molecule is COC1=CC(=C2OC(C34CCNC5C3C54)=CC(=O)C2=O)C=C(OC)C1=O. The van der Waals surface area contributed by atoms with Gasteiger partial charge in [-0.25, -0.2) is 0 Å². The maximum absolute atomic E-state index is 12.4. The Kier molecular flexibility index (Phi) is 2.96. The molecule has 2 unspecified atom stereocenters. The van der Waals surface area contributed by atoms with Crippen molar-refractivity contribution in [3.8, 4) is 0 Å². The average Bonchev–Trinajstić information content (AvgIpc) is 3.56. The Balaban J connectivity index is 1.56. The van der Waals surface area contributed by atoms with Gasteiger partial charge in [0.05, 0.1) is 14.2 Å². The molecule has 3 aliphatic carbocycles. The molecule has 26 heavy (non-hydrogen) atoms. The first-order chi connectivity index (χ1) is 12.5. The van der Waals surface area contributed by atoms with Crippen molar-refractivity contribution >= 4 is 17.3 Å². The van der Waals surface area contributed by atoms with Crippen LogP contribution in [0, 0.1) is 17.3 Å². The summed E-state index contributed by atoms with van der Waals surface area (Å²) in [5.74, 6) is -0.186. The molecule has 2 saturated carbocycles. The molecule has 7 nitrogen and oxygen atoms in total. The number of ketones is 3. The normalized spacial score (nSPS) is 37.2. The van der Waals surface area contributed by atoms with Gasteiger partial charge in [-0.1, -0.05) is 0 Å². The Morgan fingerprint density at radius 2 is 1.69 bits per heavy atom. The van der Waals surface area contributed by atoms with E-state index in [4.69, 9.17) is 14.2 Å². The zero-order chi connectivity index (χ0) is 18.2. The number of hydrogen-bond acceptors (Lipinski definition) is 7. The molecular weight excluding hydrogens is 338 g/mol. The molecule has 3 fully saturated rings. The number of carbonyl (C=O) groups excluding carboxylic acids is 3. The van der Waals surface area contributed by atoms with Crippen molar-refractivity contribution < 1.29 is 28.6 Å². The maximum Gasteiger partial charge on any atom is 0.268 e. The minimum atomic E-state index is -0.729. The van der Waals surface area contributed by atoms with Gasteiger partial charge in [-0.3, -0.25) is 14.4 Å². The van der Waals surface area contributed by atoms with Crippen LogP contribution in [0.3, 0.4) is 0 Å². The second-order valence-corrected chi connectivity index (χ2v) is 7.16. The van der Waals surface area contributed by atoms with Crippen molar-refractivity contribution in [1.82, 2.24) is 5.32 Å². The number of ether oxygens (including phenoxy) is 3. The zero-order valence-corrected chi connectivity index (χ0v) is 14.3. The fourth-order valence-electron chi connectivity index (χ4n) is 4.73. The summed E-state index contributed by atoms with van der Waals surface area (Å²) in [6.45, 7) is 0.877. The molecule has 0 bridgehead atoms. The van der Waals surface area contributed by atoms with Gasteiger partial charge in [0.25, 0.3) is 11.6 Å². The molecule has 5 rings (SSSR count). The predicted molar refractivity (Wildman–Crippen MR) is 87.2 cm³/mol. The predicted octanol–water partition coefficient (Wildman–Crippen LogP) is 0.544. The highest BCUT2D eigenvalue weighted by molar-refractivity contribution is 6.47.